The highest BCUT2D eigenvalue weighted by molar-refractivity contribution is 5.85. The van der Waals surface area contributed by atoms with Gasteiger partial charge in [0.2, 0.25) is 0 Å². The summed E-state index contributed by atoms with van der Waals surface area (Å²) in [7, 11) is 0. The third-order valence-corrected chi connectivity index (χ3v) is 2.03. The third kappa shape index (κ3) is 2.11. The van der Waals surface area contributed by atoms with Crippen LogP contribution < -0.4 is 5.32 Å². The third-order valence-electron chi connectivity index (χ3n) is 2.03. The predicted molar refractivity (Wildman–Crippen MR) is 42.6 cm³/mol. The van der Waals surface area contributed by atoms with Crippen LogP contribution in [0.3, 0.4) is 0 Å². The highest BCUT2D eigenvalue weighted by atomic mass is 35.5. The lowest BCUT2D eigenvalue weighted by atomic mass is 10.2. The molecule has 2 aliphatic rings. The fraction of sp³-hybridized carbons (Fsp3) is 1.00. The van der Waals surface area contributed by atoms with Gasteiger partial charge in [0.25, 0.3) is 0 Å². The quantitative estimate of drug-likeness (QED) is 0.665. The van der Waals surface area contributed by atoms with Gasteiger partial charge in [-0.2, -0.15) is 0 Å². The minimum atomic E-state index is 0. The maximum atomic E-state index is 5.03. The largest absolute Gasteiger partial charge is 0.378 e. The molecule has 1 aliphatic carbocycles. The van der Waals surface area contributed by atoms with Crippen LogP contribution in [0.1, 0.15) is 12.8 Å². The number of hydrogen-bond donors (Lipinski definition) is 1. The van der Waals surface area contributed by atoms with Gasteiger partial charge >= 0.3 is 0 Å². The van der Waals surface area contributed by atoms with E-state index in [2.05, 4.69) is 5.32 Å². The molecule has 0 unspecified atom stereocenters. The van der Waals surface area contributed by atoms with Crippen molar-refractivity contribution in [3.05, 3.63) is 0 Å². The van der Waals surface area contributed by atoms with E-state index in [0.29, 0.717) is 6.04 Å². The van der Waals surface area contributed by atoms with Gasteiger partial charge in [-0.3, -0.25) is 0 Å². The van der Waals surface area contributed by atoms with Crippen LogP contribution in [0, 0.1) is 5.92 Å². The molecular weight excluding hydrogens is 150 g/mol. The van der Waals surface area contributed by atoms with Crippen molar-refractivity contribution in [3.63, 3.8) is 0 Å². The first-order chi connectivity index (χ1) is 4.45. The zero-order chi connectivity index (χ0) is 6.10. The standard InChI is InChI=1S/C7H13NO.ClH/c1-2-6(1)3-8-7-4-9-5-7;/h6-8H,1-5H2;1H. The Morgan fingerprint density at radius 1 is 1.30 bits per heavy atom. The van der Waals surface area contributed by atoms with E-state index in [1.54, 1.807) is 0 Å². The molecule has 0 aromatic heterocycles. The van der Waals surface area contributed by atoms with E-state index in [0.717, 1.165) is 19.1 Å². The molecule has 60 valence electrons. The monoisotopic (exact) mass is 163 g/mol. The van der Waals surface area contributed by atoms with Crippen LogP contribution in [0.5, 0.6) is 0 Å². The number of hydrogen-bond acceptors (Lipinski definition) is 2. The normalized spacial score (nSPS) is 25.2. The molecule has 1 saturated carbocycles. The van der Waals surface area contributed by atoms with Crippen LogP contribution in [0.2, 0.25) is 0 Å². The summed E-state index contributed by atoms with van der Waals surface area (Å²) >= 11 is 0. The van der Waals surface area contributed by atoms with Crippen molar-refractivity contribution in [3.8, 4) is 0 Å². The average molecular weight is 164 g/mol. The van der Waals surface area contributed by atoms with Crippen LogP contribution in [-0.4, -0.2) is 25.8 Å². The van der Waals surface area contributed by atoms with E-state index >= 15 is 0 Å². The van der Waals surface area contributed by atoms with Crippen molar-refractivity contribution in [1.29, 1.82) is 0 Å². The summed E-state index contributed by atoms with van der Waals surface area (Å²) in [6.07, 6.45) is 2.89. The Kier molecular flexibility index (Phi) is 2.96. The Hall–Kier alpha value is 0.210. The molecule has 2 nitrogen and oxygen atoms in total. The second-order valence-electron chi connectivity index (χ2n) is 3.09. The molecule has 10 heavy (non-hydrogen) atoms. The Morgan fingerprint density at radius 2 is 2.00 bits per heavy atom. The average Bonchev–Trinajstić information content (AvgIpc) is 2.44. The van der Waals surface area contributed by atoms with Gasteiger partial charge in [-0.05, 0) is 25.3 Å². The first kappa shape index (κ1) is 8.31. The molecule has 0 aromatic carbocycles. The molecule has 2 rings (SSSR count). The van der Waals surface area contributed by atoms with Crippen LogP contribution in [0.25, 0.3) is 0 Å². The molecule has 3 heteroatoms. The molecule has 0 radical (unpaired) electrons. The number of rotatable bonds is 3. The van der Waals surface area contributed by atoms with Crippen LogP contribution in [0.4, 0.5) is 0 Å². The van der Waals surface area contributed by atoms with Crippen molar-refractivity contribution < 1.29 is 4.74 Å². The molecule has 1 saturated heterocycles. The van der Waals surface area contributed by atoms with Gasteiger partial charge < -0.3 is 10.1 Å². The predicted octanol–water partition coefficient (Wildman–Crippen LogP) is 0.807. The first-order valence-corrected chi connectivity index (χ1v) is 3.76. The van der Waals surface area contributed by atoms with E-state index in [4.69, 9.17) is 4.74 Å². The second-order valence-corrected chi connectivity index (χ2v) is 3.09. The van der Waals surface area contributed by atoms with E-state index in [9.17, 15) is 0 Å². The summed E-state index contributed by atoms with van der Waals surface area (Å²) in [5.74, 6) is 1.01. The van der Waals surface area contributed by atoms with E-state index < -0.39 is 0 Å². The molecule has 0 atom stereocenters. The number of ether oxygens (including phenoxy) is 1. The summed E-state index contributed by atoms with van der Waals surface area (Å²) < 4.78 is 5.03. The smallest absolute Gasteiger partial charge is 0.0643 e. The van der Waals surface area contributed by atoms with Crippen molar-refractivity contribution >= 4 is 12.4 Å². The lowest BCUT2D eigenvalue weighted by Crippen LogP contribution is -2.46. The van der Waals surface area contributed by atoms with Gasteiger partial charge in [0.15, 0.2) is 0 Å². The van der Waals surface area contributed by atoms with Crippen molar-refractivity contribution in [2.75, 3.05) is 19.8 Å². The Bertz CT molecular complexity index is 102. The maximum absolute atomic E-state index is 5.03. The molecular formula is C7H14ClNO. The maximum Gasteiger partial charge on any atom is 0.0643 e. The minimum absolute atomic E-state index is 0. The van der Waals surface area contributed by atoms with E-state index in [-0.39, 0.29) is 12.4 Å². The minimum Gasteiger partial charge on any atom is -0.378 e. The highest BCUT2D eigenvalue weighted by Gasteiger charge is 2.24. The van der Waals surface area contributed by atoms with Gasteiger partial charge in [-0.1, -0.05) is 0 Å². The molecule has 0 bridgehead atoms. The molecule has 1 N–H and O–H groups in total. The highest BCUT2D eigenvalue weighted by Crippen LogP contribution is 2.27. The van der Waals surface area contributed by atoms with Crippen molar-refractivity contribution in [1.82, 2.24) is 5.32 Å². The first-order valence-electron chi connectivity index (χ1n) is 3.76. The number of halogens is 1. The van der Waals surface area contributed by atoms with Gasteiger partial charge in [-0.15, -0.1) is 12.4 Å². The Balaban J connectivity index is 0.000000500. The number of nitrogens with one attached hydrogen (secondary N) is 1. The summed E-state index contributed by atoms with van der Waals surface area (Å²) in [4.78, 5) is 0. The summed E-state index contributed by atoms with van der Waals surface area (Å²) in [5, 5.41) is 3.46. The van der Waals surface area contributed by atoms with Crippen LogP contribution in [-0.2, 0) is 4.74 Å². The Labute approximate surface area is 67.7 Å². The molecule has 1 aliphatic heterocycles. The van der Waals surface area contributed by atoms with Gasteiger partial charge in [0.05, 0.1) is 19.3 Å². The molecule has 2 fully saturated rings. The lowest BCUT2D eigenvalue weighted by Gasteiger charge is -2.26. The molecule has 0 aromatic rings. The molecule has 1 heterocycles. The topological polar surface area (TPSA) is 21.3 Å². The fourth-order valence-electron chi connectivity index (χ4n) is 1.01. The molecule has 0 amide bonds. The van der Waals surface area contributed by atoms with Gasteiger partial charge in [0, 0.05) is 0 Å². The summed E-state index contributed by atoms with van der Waals surface area (Å²) in [5.41, 5.74) is 0. The SMILES string of the molecule is C1CC1CNC1COC1.Cl. The zero-order valence-corrected chi connectivity index (χ0v) is 6.82. The van der Waals surface area contributed by atoms with Gasteiger partial charge in [0.1, 0.15) is 0 Å². The van der Waals surface area contributed by atoms with Gasteiger partial charge in [-0.25, -0.2) is 0 Å². The fourth-order valence-corrected chi connectivity index (χ4v) is 1.01. The molecule has 0 spiro atoms. The Morgan fingerprint density at radius 3 is 2.40 bits per heavy atom. The lowest BCUT2D eigenvalue weighted by molar-refractivity contribution is -0.00529. The van der Waals surface area contributed by atoms with Crippen molar-refractivity contribution in [2.45, 2.75) is 18.9 Å². The zero-order valence-electron chi connectivity index (χ0n) is 6.01. The van der Waals surface area contributed by atoms with E-state index in [1.165, 1.54) is 19.4 Å². The van der Waals surface area contributed by atoms with Crippen LogP contribution in [0.15, 0.2) is 0 Å². The summed E-state index contributed by atoms with van der Waals surface area (Å²) in [6.45, 7) is 3.10. The summed E-state index contributed by atoms with van der Waals surface area (Å²) in [6, 6.07) is 0.686. The second kappa shape index (κ2) is 3.56. The van der Waals surface area contributed by atoms with Crippen LogP contribution >= 0.6 is 12.4 Å². The van der Waals surface area contributed by atoms with Crippen molar-refractivity contribution in [2.24, 2.45) is 5.92 Å². The van der Waals surface area contributed by atoms with E-state index in [1.807, 2.05) is 0 Å².